The van der Waals surface area contributed by atoms with Gasteiger partial charge in [-0.05, 0) is 42.8 Å². The molecule has 0 amide bonds. The summed E-state index contributed by atoms with van der Waals surface area (Å²) >= 11 is 0. The molecule has 0 saturated heterocycles. The van der Waals surface area contributed by atoms with E-state index in [0.717, 1.165) is 12.0 Å². The third-order valence-electron chi connectivity index (χ3n) is 3.40. The van der Waals surface area contributed by atoms with Crippen molar-refractivity contribution < 1.29 is 18.3 Å². The Morgan fingerprint density at radius 2 is 1.64 bits per heavy atom. The number of nitrogens with one attached hydrogen (secondary N) is 1. The SMILES string of the molecule is COc1ccc(CCNCc2c(F)cccc2F)cc1OC. The maximum atomic E-state index is 13.5. The van der Waals surface area contributed by atoms with Crippen LogP contribution in [0.15, 0.2) is 36.4 Å². The van der Waals surface area contributed by atoms with Gasteiger partial charge in [0.2, 0.25) is 0 Å². The lowest BCUT2D eigenvalue weighted by Crippen LogP contribution is -2.18. The van der Waals surface area contributed by atoms with E-state index in [1.165, 1.54) is 18.2 Å². The fraction of sp³-hybridized carbons (Fsp3) is 0.294. The molecule has 0 saturated carbocycles. The molecule has 0 heterocycles. The van der Waals surface area contributed by atoms with Gasteiger partial charge < -0.3 is 14.8 Å². The second-order valence-corrected chi connectivity index (χ2v) is 4.82. The summed E-state index contributed by atoms with van der Waals surface area (Å²) in [6.07, 6.45) is 0.719. The van der Waals surface area contributed by atoms with Gasteiger partial charge in [0.1, 0.15) is 11.6 Å². The molecule has 2 aromatic carbocycles. The lowest BCUT2D eigenvalue weighted by molar-refractivity contribution is 0.354. The van der Waals surface area contributed by atoms with Crippen LogP contribution in [0, 0.1) is 11.6 Å². The van der Waals surface area contributed by atoms with E-state index < -0.39 is 11.6 Å². The van der Waals surface area contributed by atoms with Crippen LogP contribution in [-0.4, -0.2) is 20.8 Å². The minimum atomic E-state index is -0.529. The number of benzene rings is 2. The van der Waals surface area contributed by atoms with E-state index in [2.05, 4.69) is 5.32 Å². The molecule has 0 aliphatic carbocycles. The average molecular weight is 307 g/mol. The molecule has 0 bridgehead atoms. The summed E-state index contributed by atoms with van der Waals surface area (Å²) in [7, 11) is 3.17. The molecule has 0 unspecified atom stereocenters. The molecule has 0 aliphatic rings. The second kappa shape index (κ2) is 7.75. The van der Waals surface area contributed by atoms with E-state index in [0.29, 0.717) is 18.0 Å². The number of ether oxygens (including phenoxy) is 2. The predicted octanol–water partition coefficient (Wildman–Crippen LogP) is 3.31. The molecule has 5 heteroatoms. The van der Waals surface area contributed by atoms with Gasteiger partial charge in [0.15, 0.2) is 11.5 Å². The van der Waals surface area contributed by atoms with Gasteiger partial charge in [-0.25, -0.2) is 8.78 Å². The second-order valence-electron chi connectivity index (χ2n) is 4.82. The smallest absolute Gasteiger partial charge is 0.160 e. The van der Waals surface area contributed by atoms with Crippen molar-refractivity contribution in [1.29, 1.82) is 0 Å². The monoisotopic (exact) mass is 307 g/mol. The topological polar surface area (TPSA) is 30.5 Å². The average Bonchev–Trinajstić information content (AvgIpc) is 2.53. The molecule has 2 aromatic rings. The molecule has 2 rings (SSSR count). The fourth-order valence-corrected chi connectivity index (χ4v) is 2.18. The molecule has 0 radical (unpaired) electrons. The number of rotatable bonds is 7. The summed E-state index contributed by atoms with van der Waals surface area (Å²) in [5.74, 6) is 0.282. The van der Waals surface area contributed by atoms with Crippen molar-refractivity contribution in [1.82, 2.24) is 5.32 Å². The van der Waals surface area contributed by atoms with Crippen LogP contribution in [0.3, 0.4) is 0 Å². The van der Waals surface area contributed by atoms with Gasteiger partial charge in [0, 0.05) is 12.1 Å². The highest BCUT2D eigenvalue weighted by atomic mass is 19.1. The van der Waals surface area contributed by atoms with Gasteiger partial charge in [0.25, 0.3) is 0 Å². The van der Waals surface area contributed by atoms with Gasteiger partial charge in [-0.2, -0.15) is 0 Å². The molecule has 0 aromatic heterocycles. The third kappa shape index (κ3) is 3.95. The van der Waals surface area contributed by atoms with Crippen LogP contribution in [0.1, 0.15) is 11.1 Å². The summed E-state index contributed by atoms with van der Waals surface area (Å²) in [4.78, 5) is 0. The first-order chi connectivity index (χ1) is 10.7. The Morgan fingerprint density at radius 3 is 2.27 bits per heavy atom. The summed E-state index contributed by atoms with van der Waals surface area (Å²) in [6.45, 7) is 0.759. The van der Waals surface area contributed by atoms with E-state index in [4.69, 9.17) is 9.47 Å². The first-order valence-electron chi connectivity index (χ1n) is 7.00. The minimum Gasteiger partial charge on any atom is -0.493 e. The Hall–Kier alpha value is -2.14. The van der Waals surface area contributed by atoms with E-state index >= 15 is 0 Å². The Balaban J connectivity index is 1.89. The summed E-state index contributed by atoms with van der Waals surface area (Å²) in [5.41, 5.74) is 1.12. The maximum absolute atomic E-state index is 13.5. The molecular weight excluding hydrogens is 288 g/mol. The molecule has 0 spiro atoms. The van der Waals surface area contributed by atoms with E-state index in [1.54, 1.807) is 14.2 Å². The quantitative estimate of drug-likeness (QED) is 0.796. The van der Waals surface area contributed by atoms with Crippen molar-refractivity contribution in [2.75, 3.05) is 20.8 Å². The van der Waals surface area contributed by atoms with Gasteiger partial charge in [-0.1, -0.05) is 12.1 Å². The molecule has 118 valence electrons. The number of methoxy groups -OCH3 is 2. The Labute approximate surface area is 128 Å². The van der Waals surface area contributed by atoms with Crippen LogP contribution in [0.2, 0.25) is 0 Å². The Bertz CT molecular complexity index is 612. The molecule has 0 atom stereocenters. The highest BCUT2D eigenvalue weighted by Crippen LogP contribution is 2.27. The molecular formula is C17H19F2NO2. The van der Waals surface area contributed by atoms with Crippen molar-refractivity contribution in [2.45, 2.75) is 13.0 Å². The third-order valence-corrected chi connectivity index (χ3v) is 3.40. The van der Waals surface area contributed by atoms with Gasteiger partial charge >= 0.3 is 0 Å². The van der Waals surface area contributed by atoms with Crippen molar-refractivity contribution in [2.24, 2.45) is 0 Å². The zero-order valence-electron chi connectivity index (χ0n) is 12.7. The van der Waals surface area contributed by atoms with Gasteiger partial charge in [-0.15, -0.1) is 0 Å². The summed E-state index contributed by atoms with van der Waals surface area (Å²) in [6, 6.07) is 9.54. The number of halogens is 2. The largest absolute Gasteiger partial charge is 0.493 e. The molecule has 0 fully saturated rings. The standard InChI is InChI=1S/C17H19F2NO2/c1-21-16-7-6-12(10-17(16)22-2)8-9-20-11-13-14(18)4-3-5-15(13)19/h3-7,10,20H,8-9,11H2,1-2H3. The zero-order valence-corrected chi connectivity index (χ0v) is 12.7. The van der Waals surface area contributed by atoms with Crippen LogP contribution in [0.25, 0.3) is 0 Å². The van der Waals surface area contributed by atoms with Crippen LogP contribution in [0.4, 0.5) is 8.78 Å². The van der Waals surface area contributed by atoms with E-state index in [9.17, 15) is 8.78 Å². The van der Waals surface area contributed by atoms with Gasteiger partial charge in [0.05, 0.1) is 14.2 Å². The lowest BCUT2D eigenvalue weighted by atomic mass is 10.1. The van der Waals surface area contributed by atoms with Crippen LogP contribution in [-0.2, 0) is 13.0 Å². The highest BCUT2D eigenvalue weighted by Gasteiger charge is 2.08. The fourth-order valence-electron chi connectivity index (χ4n) is 2.18. The van der Waals surface area contributed by atoms with Crippen molar-refractivity contribution in [3.8, 4) is 11.5 Å². The van der Waals surface area contributed by atoms with Crippen LogP contribution < -0.4 is 14.8 Å². The Kier molecular flexibility index (Phi) is 5.72. The summed E-state index contributed by atoms with van der Waals surface area (Å²) in [5, 5.41) is 3.05. The highest BCUT2D eigenvalue weighted by molar-refractivity contribution is 5.42. The lowest BCUT2D eigenvalue weighted by Gasteiger charge is -2.10. The number of hydrogen-bond donors (Lipinski definition) is 1. The van der Waals surface area contributed by atoms with Crippen molar-refractivity contribution >= 4 is 0 Å². The number of hydrogen-bond acceptors (Lipinski definition) is 3. The van der Waals surface area contributed by atoms with E-state index in [1.807, 2.05) is 18.2 Å². The van der Waals surface area contributed by atoms with Gasteiger partial charge in [-0.3, -0.25) is 0 Å². The Morgan fingerprint density at radius 1 is 0.955 bits per heavy atom. The molecule has 1 N–H and O–H groups in total. The first kappa shape index (κ1) is 16.2. The van der Waals surface area contributed by atoms with Crippen molar-refractivity contribution in [3.05, 3.63) is 59.2 Å². The normalized spacial score (nSPS) is 10.5. The van der Waals surface area contributed by atoms with E-state index in [-0.39, 0.29) is 12.1 Å². The van der Waals surface area contributed by atoms with Crippen LogP contribution in [0.5, 0.6) is 11.5 Å². The molecule has 0 aliphatic heterocycles. The zero-order chi connectivity index (χ0) is 15.9. The summed E-state index contributed by atoms with van der Waals surface area (Å²) < 4.78 is 37.4. The predicted molar refractivity (Wildman–Crippen MR) is 81.3 cm³/mol. The maximum Gasteiger partial charge on any atom is 0.160 e. The van der Waals surface area contributed by atoms with Crippen molar-refractivity contribution in [3.63, 3.8) is 0 Å². The minimum absolute atomic E-state index is 0.0646. The molecule has 22 heavy (non-hydrogen) atoms. The first-order valence-corrected chi connectivity index (χ1v) is 7.00. The molecule has 3 nitrogen and oxygen atoms in total. The van der Waals surface area contributed by atoms with Crippen LogP contribution >= 0.6 is 0 Å².